The minimum absolute atomic E-state index is 0.0325. The van der Waals surface area contributed by atoms with Crippen molar-refractivity contribution < 1.29 is 26.8 Å². The molecule has 1 aliphatic rings. The van der Waals surface area contributed by atoms with Crippen LogP contribution in [0.15, 0.2) is 42.5 Å². The van der Waals surface area contributed by atoms with Crippen molar-refractivity contribution in [3.05, 3.63) is 64.7 Å². The zero-order valence-corrected chi connectivity index (χ0v) is 23.2. The monoisotopic (exact) mass is 569 g/mol. The maximum absolute atomic E-state index is 13.7. The number of rotatable bonds is 11. The van der Waals surface area contributed by atoms with E-state index in [9.17, 15) is 26.8 Å². The number of sulfonamides is 1. The van der Waals surface area contributed by atoms with E-state index in [2.05, 4.69) is 5.32 Å². The Kier molecular flexibility index (Phi) is 10.5. The summed E-state index contributed by atoms with van der Waals surface area (Å²) in [6.45, 7) is 1.70. The normalized spacial score (nSPS) is 15.1. The number of carbonyl (C=O) groups excluding carboxylic acids is 2. The zero-order valence-electron chi connectivity index (χ0n) is 21.6. The van der Waals surface area contributed by atoms with Crippen molar-refractivity contribution in [1.82, 2.24) is 10.2 Å². The summed E-state index contributed by atoms with van der Waals surface area (Å²) in [5, 5.41) is 3.57. The molecule has 1 saturated carbocycles. The van der Waals surface area contributed by atoms with Crippen molar-refractivity contribution in [2.24, 2.45) is 0 Å². The Morgan fingerprint density at radius 2 is 1.79 bits per heavy atom. The van der Waals surface area contributed by atoms with Crippen LogP contribution in [0.25, 0.3) is 0 Å². The molecule has 0 radical (unpaired) electrons. The highest BCUT2D eigenvalue weighted by Crippen LogP contribution is 2.22. The molecule has 1 N–H and O–H groups in total. The molecule has 11 heteroatoms. The minimum atomic E-state index is -3.82. The maximum atomic E-state index is 13.7. The van der Waals surface area contributed by atoms with E-state index in [1.807, 2.05) is 6.07 Å². The predicted molar refractivity (Wildman–Crippen MR) is 144 cm³/mol. The molecule has 0 aromatic heterocycles. The first-order valence-electron chi connectivity index (χ1n) is 12.7. The van der Waals surface area contributed by atoms with Gasteiger partial charge >= 0.3 is 0 Å². The first-order valence-corrected chi connectivity index (χ1v) is 15.0. The van der Waals surface area contributed by atoms with Crippen LogP contribution in [-0.2, 0) is 26.2 Å². The van der Waals surface area contributed by atoms with E-state index in [0.717, 1.165) is 60.4 Å². The number of nitrogens with one attached hydrogen (secondary N) is 1. The third-order valence-electron chi connectivity index (χ3n) is 6.70. The van der Waals surface area contributed by atoms with Crippen LogP contribution >= 0.6 is 11.6 Å². The number of anilines is 1. The highest BCUT2D eigenvalue weighted by atomic mass is 35.5. The molecule has 1 aliphatic carbocycles. The van der Waals surface area contributed by atoms with Crippen LogP contribution in [0.1, 0.15) is 57.4 Å². The Morgan fingerprint density at radius 1 is 1.08 bits per heavy atom. The number of hydrogen-bond acceptors (Lipinski definition) is 4. The van der Waals surface area contributed by atoms with Crippen LogP contribution in [0.5, 0.6) is 0 Å². The van der Waals surface area contributed by atoms with Gasteiger partial charge in [0.15, 0.2) is 11.6 Å². The maximum Gasteiger partial charge on any atom is 0.242 e. The topological polar surface area (TPSA) is 86.8 Å². The standard InChI is InChI=1S/C27H34ClF2N3O4S/c1-19(27(35)31-22-10-4-3-5-11-22)32(18-20-8-6-9-21(28)16-20)26(34)12-7-15-33(38(2,36)37)23-13-14-24(29)25(30)17-23/h6,8-9,13-14,16-17,19,22H,3-5,7,10-12,15,18H2,1-2H3,(H,31,35). The lowest BCUT2D eigenvalue weighted by Crippen LogP contribution is -2.50. The minimum Gasteiger partial charge on any atom is -0.352 e. The molecule has 1 unspecified atom stereocenters. The fourth-order valence-corrected chi connectivity index (χ4v) is 5.80. The first kappa shape index (κ1) is 29.8. The summed E-state index contributed by atoms with van der Waals surface area (Å²) in [6.07, 6.45) is 6.08. The van der Waals surface area contributed by atoms with Crippen molar-refractivity contribution in [2.45, 2.75) is 70.5 Å². The van der Waals surface area contributed by atoms with Gasteiger partial charge in [-0.2, -0.15) is 0 Å². The average Bonchev–Trinajstić information content (AvgIpc) is 2.86. The van der Waals surface area contributed by atoms with Gasteiger partial charge in [0, 0.05) is 36.6 Å². The molecular formula is C27H34ClF2N3O4S. The lowest BCUT2D eigenvalue weighted by molar-refractivity contribution is -0.141. The molecule has 0 bridgehead atoms. The molecule has 2 aromatic rings. The van der Waals surface area contributed by atoms with Crippen LogP contribution in [0.4, 0.5) is 14.5 Å². The number of amides is 2. The highest BCUT2D eigenvalue weighted by molar-refractivity contribution is 7.92. The van der Waals surface area contributed by atoms with Crippen LogP contribution in [0, 0.1) is 11.6 Å². The van der Waals surface area contributed by atoms with Crippen LogP contribution in [-0.4, -0.2) is 50.0 Å². The number of halogens is 3. The summed E-state index contributed by atoms with van der Waals surface area (Å²) in [4.78, 5) is 27.9. The first-order chi connectivity index (χ1) is 18.0. The molecule has 1 atom stereocenters. The van der Waals surface area contributed by atoms with E-state index in [1.165, 1.54) is 11.0 Å². The fourth-order valence-electron chi connectivity index (χ4n) is 4.63. The summed E-state index contributed by atoms with van der Waals surface area (Å²) in [7, 11) is -3.82. The predicted octanol–water partition coefficient (Wildman–Crippen LogP) is 5.03. The number of hydrogen-bond donors (Lipinski definition) is 1. The lowest BCUT2D eigenvalue weighted by atomic mass is 9.95. The average molecular weight is 570 g/mol. The lowest BCUT2D eigenvalue weighted by Gasteiger charge is -2.31. The van der Waals surface area contributed by atoms with E-state index < -0.39 is 27.7 Å². The molecule has 208 valence electrons. The molecule has 2 aromatic carbocycles. The van der Waals surface area contributed by atoms with Crippen molar-refractivity contribution in [3.8, 4) is 0 Å². The second-order valence-corrected chi connectivity index (χ2v) is 12.1. The smallest absolute Gasteiger partial charge is 0.242 e. The highest BCUT2D eigenvalue weighted by Gasteiger charge is 2.28. The van der Waals surface area contributed by atoms with Gasteiger partial charge in [0.05, 0.1) is 11.9 Å². The van der Waals surface area contributed by atoms with E-state index in [4.69, 9.17) is 11.6 Å². The van der Waals surface area contributed by atoms with Crippen molar-refractivity contribution >= 4 is 39.1 Å². The molecular weight excluding hydrogens is 536 g/mol. The largest absolute Gasteiger partial charge is 0.352 e. The Bertz CT molecular complexity index is 1240. The molecule has 0 spiro atoms. The van der Waals surface area contributed by atoms with Gasteiger partial charge in [-0.05, 0) is 56.0 Å². The van der Waals surface area contributed by atoms with Gasteiger partial charge in [0.2, 0.25) is 21.8 Å². The third-order valence-corrected chi connectivity index (χ3v) is 8.13. The van der Waals surface area contributed by atoms with Crippen LogP contribution < -0.4 is 9.62 Å². The second-order valence-electron chi connectivity index (χ2n) is 9.71. The van der Waals surface area contributed by atoms with E-state index in [0.29, 0.717) is 5.02 Å². The second kappa shape index (κ2) is 13.4. The summed E-state index contributed by atoms with van der Waals surface area (Å²) >= 11 is 6.12. The summed E-state index contributed by atoms with van der Waals surface area (Å²) in [6, 6.07) is 9.17. The molecule has 2 amide bonds. The quantitative estimate of drug-likeness (QED) is 0.411. The van der Waals surface area contributed by atoms with Crippen molar-refractivity contribution in [3.63, 3.8) is 0 Å². The molecule has 1 fully saturated rings. The van der Waals surface area contributed by atoms with Crippen molar-refractivity contribution in [2.75, 3.05) is 17.1 Å². The Balaban J connectivity index is 1.72. The van der Waals surface area contributed by atoms with Crippen LogP contribution in [0.2, 0.25) is 5.02 Å². The van der Waals surface area contributed by atoms with Gasteiger partial charge in [-0.15, -0.1) is 0 Å². The summed E-state index contributed by atoms with van der Waals surface area (Å²) < 4.78 is 52.7. The summed E-state index contributed by atoms with van der Waals surface area (Å²) in [5.41, 5.74) is 0.720. The molecule has 0 heterocycles. The molecule has 3 rings (SSSR count). The molecule has 38 heavy (non-hydrogen) atoms. The van der Waals surface area contributed by atoms with Gasteiger partial charge in [0.1, 0.15) is 6.04 Å². The van der Waals surface area contributed by atoms with E-state index in [-0.39, 0.29) is 49.5 Å². The van der Waals surface area contributed by atoms with Gasteiger partial charge in [0.25, 0.3) is 0 Å². The van der Waals surface area contributed by atoms with E-state index >= 15 is 0 Å². The summed E-state index contributed by atoms with van der Waals surface area (Å²) in [5.74, 6) is -2.84. The number of nitrogens with zero attached hydrogens (tertiary/aromatic N) is 2. The number of carbonyl (C=O) groups is 2. The Labute approximate surface area is 228 Å². The third kappa shape index (κ3) is 8.39. The number of benzene rings is 2. The Hall–Kier alpha value is -2.72. The fraction of sp³-hybridized carbons (Fsp3) is 0.481. The Morgan fingerprint density at radius 3 is 2.42 bits per heavy atom. The van der Waals surface area contributed by atoms with Crippen LogP contribution in [0.3, 0.4) is 0 Å². The SMILES string of the molecule is CC(C(=O)NC1CCCCC1)N(Cc1cccc(Cl)c1)C(=O)CCCN(c1ccc(F)c(F)c1)S(C)(=O)=O. The van der Waals surface area contributed by atoms with E-state index in [1.54, 1.807) is 25.1 Å². The van der Waals surface area contributed by atoms with Gasteiger partial charge in [-0.3, -0.25) is 13.9 Å². The van der Waals surface area contributed by atoms with Gasteiger partial charge in [-0.25, -0.2) is 17.2 Å². The van der Waals surface area contributed by atoms with Gasteiger partial charge in [-0.1, -0.05) is 43.0 Å². The molecule has 0 saturated heterocycles. The molecule has 0 aliphatic heterocycles. The molecule has 7 nitrogen and oxygen atoms in total. The van der Waals surface area contributed by atoms with Crippen molar-refractivity contribution in [1.29, 1.82) is 0 Å². The van der Waals surface area contributed by atoms with Gasteiger partial charge < -0.3 is 10.2 Å². The zero-order chi connectivity index (χ0) is 27.9.